The molecule has 1 heterocycles. The molecule has 0 aliphatic heterocycles. The van der Waals surface area contributed by atoms with E-state index in [4.69, 9.17) is 16.2 Å². The van der Waals surface area contributed by atoms with Crippen LogP contribution >= 0.6 is 0 Å². The van der Waals surface area contributed by atoms with Crippen LogP contribution in [0.15, 0.2) is 60.8 Å². The summed E-state index contributed by atoms with van der Waals surface area (Å²) >= 11 is 0. The van der Waals surface area contributed by atoms with Gasteiger partial charge in [-0.2, -0.15) is 0 Å². The first-order valence-corrected chi connectivity index (χ1v) is 9.36. The quantitative estimate of drug-likeness (QED) is 0.579. The van der Waals surface area contributed by atoms with E-state index < -0.39 is 5.91 Å². The lowest BCUT2D eigenvalue weighted by Crippen LogP contribution is -2.23. The van der Waals surface area contributed by atoms with Gasteiger partial charge >= 0.3 is 0 Å². The molecule has 0 radical (unpaired) electrons. The second-order valence-corrected chi connectivity index (χ2v) is 6.86. The second-order valence-electron chi connectivity index (χ2n) is 6.86. The zero-order valence-electron chi connectivity index (χ0n) is 16.4. The molecular weight excluding hydrogens is 366 g/mol. The standard InChI is InChI=1S/C22H25N5O2/c1-27(15-16-6-3-2-4-7-16)10-11-29-19-9-5-8-17(13-19)12-18-14-25-21(23)20(26-18)22(24)28/h2-9,13-14H,10-12,15H2,1H3,(H2,23,25)(H2,24,28). The lowest BCUT2D eigenvalue weighted by molar-refractivity contribution is 0.0996. The molecule has 1 amide bonds. The third-order valence-corrected chi connectivity index (χ3v) is 4.40. The van der Waals surface area contributed by atoms with Crippen LogP contribution in [0, 0.1) is 0 Å². The number of amides is 1. The summed E-state index contributed by atoms with van der Waals surface area (Å²) in [5.74, 6) is 0.139. The summed E-state index contributed by atoms with van der Waals surface area (Å²) in [6.45, 7) is 2.27. The molecule has 0 saturated heterocycles. The Bertz CT molecular complexity index is 962. The molecule has 0 aliphatic rings. The van der Waals surface area contributed by atoms with E-state index in [2.05, 4.69) is 34.0 Å². The molecule has 0 saturated carbocycles. The molecule has 0 aliphatic carbocycles. The Morgan fingerprint density at radius 2 is 1.86 bits per heavy atom. The number of nitrogen functional groups attached to an aromatic ring is 1. The third kappa shape index (κ3) is 6.02. The molecule has 7 nitrogen and oxygen atoms in total. The van der Waals surface area contributed by atoms with Crippen LogP contribution in [0.4, 0.5) is 5.82 Å². The van der Waals surface area contributed by atoms with Crippen molar-refractivity contribution in [3.05, 3.63) is 83.3 Å². The zero-order valence-corrected chi connectivity index (χ0v) is 16.4. The molecule has 2 aromatic carbocycles. The smallest absolute Gasteiger partial charge is 0.271 e. The summed E-state index contributed by atoms with van der Waals surface area (Å²) in [5, 5.41) is 0. The van der Waals surface area contributed by atoms with E-state index in [0.29, 0.717) is 18.7 Å². The molecule has 1 aromatic heterocycles. The molecule has 29 heavy (non-hydrogen) atoms. The number of hydrogen-bond donors (Lipinski definition) is 2. The van der Waals surface area contributed by atoms with Gasteiger partial charge in [-0.3, -0.25) is 9.69 Å². The third-order valence-electron chi connectivity index (χ3n) is 4.40. The van der Waals surface area contributed by atoms with E-state index in [9.17, 15) is 4.79 Å². The molecule has 0 bridgehead atoms. The van der Waals surface area contributed by atoms with Crippen molar-refractivity contribution in [2.75, 3.05) is 25.9 Å². The average molecular weight is 391 g/mol. The van der Waals surface area contributed by atoms with Gasteiger partial charge in [0.15, 0.2) is 11.5 Å². The van der Waals surface area contributed by atoms with Crippen molar-refractivity contribution in [3.8, 4) is 5.75 Å². The number of benzene rings is 2. The minimum atomic E-state index is -0.687. The first-order valence-electron chi connectivity index (χ1n) is 9.36. The van der Waals surface area contributed by atoms with Gasteiger partial charge in [0.25, 0.3) is 5.91 Å². The van der Waals surface area contributed by atoms with Crippen molar-refractivity contribution in [2.24, 2.45) is 5.73 Å². The van der Waals surface area contributed by atoms with Gasteiger partial charge in [0, 0.05) is 19.5 Å². The van der Waals surface area contributed by atoms with E-state index in [1.165, 1.54) is 5.56 Å². The van der Waals surface area contributed by atoms with Crippen molar-refractivity contribution in [1.29, 1.82) is 0 Å². The number of anilines is 1. The normalized spacial score (nSPS) is 10.8. The van der Waals surface area contributed by atoms with Gasteiger partial charge in [-0.05, 0) is 30.3 Å². The molecule has 0 unspecified atom stereocenters. The Hall–Kier alpha value is -3.45. The van der Waals surface area contributed by atoms with Crippen LogP contribution in [-0.2, 0) is 13.0 Å². The predicted octanol–water partition coefficient (Wildman–Crippen LogP) is 2.26. The SMILES string of the molecule is CN(CCOc1cccc(Cc2cnc(N)c(C(N)=O)n2)c1)Cc1ccccc1. The lowest BCUT2D eigenvalue weighted by atomic mass is 10.1. The van der Waals surface area contributed by atoms with Crippen molar-refractivity contribution < 1.29 is 9.53 Å². The van der Waals surface area contributed by atoms with Crippen molar-refractivity contribution in [3.63, 3.8) is 0 Å². The number of carbonyl (C=O) groups excluding carboxylic acids is 1. The van der Waals surface area contributed by atoms with Crippen LogP contribution in [-0.4, -0.2) is 41.0 Å². The minimum Gasteiger partial charge on any atom is -0.492 e. The van der Waals surface area contributed by atoms with Gasteiger partial charge in [0.1, 0.15) is 12.4 Å². The molecule has 0 atom stereocenters. The maximum atomic E-state index is 11.4. The Balaban J connectivity index is 1.54. The number of ether oxygens (including phenoxy) is 1. The number of primary amides is 1. The highest BCUT2D eigenvalue weighted by molar-refractivity contribution is 5.94. The summed E-state index contributed by atoms with van der Waals surface area (Å²) in [6.07, 6.45) is 2.05. The van der Waals surface area contributed by atoms with E-state index in [1.807, 2.05) is 42.5 Å². The molecule has 7 heteroatoms. The van der Waals surface area contributed by atoms with Gasteiger partial charge in [-0.1, -0.05) is 42.5 Å². The maximum Gasteiger partial charge on any atom is 0.271 e. The van der Waals surface area contributed by atoms with Crippen LogP contribution in [0.2, 0.25) is 0 Å². The highest BCUT2D eigenvalue weighted by Crippen LogP contribution is 2.17. The predicted molar refractivity (Wildman–Crippen MR) is 112 cm³/mol. The van der Waals surface area contributed by atoms with Gasteiger partial charge in [-0.25, -0.2) is 9.97 Å². The first-order chi connectivity index (χ1) is 14.0. The van der Waals surface area contributed by atoms with E-state index >= 15 is 0 Å². The largest absolute Gasteiger partial charge is 0.492 e. The van der Waals surface area contributed by atoms with Crippen LogP contribution < -0.4 is 16.2 Å². The van der Waals surface area contributed by atoms with Crippen molar-refractivity contribution >= 4 is 11.7 Å². The molecule has 4 N–H and O–H groups in total. The fourth-order valence-corrected chi connectivity index (χ4v) is 2.95. The molecule has 150 valence electrons. The van der Waals surface area contributed by atoms with Crippen LogP contribution in [0.1, 0.15) is 27.3 Å². The number of nitrogens with two attached hydrogens (primary N) is 2. The van der Waals surface area contributed by atoms with Gasteiger partial charge in [0.05, 0.1) is 11.9 Å². The number of hydrogen-bond acceptors (Lipinski definition) is 6. The zero-order chi connectivity index (χ0) is 20.6. The highest BCUT2D eigenvalue weighted by atomic mass is 16.5. The number of nitrogens with zero attached hydrogens (tertiary/aromatic N) is 3. The fraction of sp³-hybridized carbons (Fsp3) is 0.227. The van der Waals surface area contributed by atoms with E-state index in [1.54, 1.807) is 6.20 Å². The maximum absolute atomic E-state index is 11.4. The van der Waals surface area contributed by atoms with Gasteiger partial charge in [-0.15, -0.1) is 0 Å². The highest BCUT2D eigenvalue weighted by Gasteiger charge is 2.11. The monoisotopic (exact) mass is 391 g/mol. The van der Waals surface area contributed by atoms with Crippen molar-refractivity contribution in [2.45, 2.75) is 13.0 Å². The molecule has 3 rings (SSSR count). The molecule has 0 fully saturated rings. The Morgan fingerprint density at radius 1 is 1.10 bits per heavy atom. The summed E-state index contributed by atoms with van der Waals surface area (Å²) in [7, 11) is 2.07. The summed E-state index contributed by atoms with van der Waals surface area (Å²) in [4.78, 5) is 21.8. The molecule has 3 aromatic rings. The summed E-state index contributed by atoms with van der Waals surface area (Å²) in [5.41, 5.74) is 13.8. The van der Waals surface area contributed by atoms with Crippen LogP contribution in [0.5, 0.6) is 5.75 Å². The van der Waals surface area contributed by atoms with Crippen molar-refractivity contribution in [1.82, 2.24) is 14.9 Å². The Labute approximate surface area is 170 Å². The van der Waals surface area contributed by atoms with Crippen LogP contribution in [0.3, 0.4) is 0 Å². The topological polar surface area (TPSA) is 107 Å². The molecule has 0 spiro atoms. The number of aromatic nitrogens is 2. The van der Waals surface area contributed by atoms with E-state index in [0.717, 1.165) is 24.4 Å². The summed E-state index contributed by atoms with van der Waals surface area (Å²) < 4.78 is 5.90. The van der Waals surface area contributed by atoms with Crippen LogP contribution in [0.25, 0.3) is 0 Å². The van der Waals surface area contributed by atoms with Gasteiger partial charge in [0.2, 0.25) is 0 Å². The number of carbonyl (C=O) groups is 1. The minimum absolute atomic E-state index is 0.00337. The second kappa shape index (κ2) is 9.66. The Morgan fingerprint density at radius 3 is 2.62 bits per heavy atom. The number of rotatable bonds is 9. The van der Waals surface area contributed by atoms with Gasteiger partial charge < -0.3 is 16.2 Å². The fourth-order valence-electron chi connectivity index (χ4n) is 2.95. The Kier molecular flexibility index (Phi) is 6.76. The molecular formula is C22H25N5O2. The number of likely N-dealkylation sites (N-methyl/N-ethyl adjacent to an activating group) is 1. The summed E-state index contributed by atoms with van der Waals surface area (Å²) in [6, 6.07) is 18.1. The average Bonchev–Trinajstić information content (AvgIpc) is 2.70. The first kappa shape index (κ1) is 20.3. The van der Waals surface area contributed by atoms with E-state index in [-0.39, 0.29) is 11.5 Å². The lowest BCUT2D eigenvalue weighted by Gasteiger charge is -2.17.